The lowest BCUT2D eigenvalue weighted by Crippen LogP contribution is -2.51. The average Bonchev–Trinajstić information content (AvgIpc) is 2.95. The zero-order chi connectivity index (χ0) is 29.8. The second-order valence-electron chi connectivity index (χ2n) is 12.6. The van der Waals surface area contributed by atoms with Gasteiger partial charge >= 0.3 is 0 Å². The molecule has 1 fully saturated rings. The van der Waals surface area contributed by atoms with Gasteiger partial charge in [-0.25, -0.2) is 0 Å². The van der Waals surface area contributed by atoms with Gasteiger partial charge in [0, 0.05) is 57.8 Å². The number of ether oxygens (including phenoxy) is 1. The molecule has 0 N–H and O–H groups in total. The van der Waals surface area contributed by atoms with Crippen LogP contribution in [-0.2, 0) is 9.59 Å². The molecule has 0 saturated carbocycles. The highest BCUT2D eigenvalue weighted by Crippen LogP contribution is 2.27. The lowest BCUT2D eigenvalue weighted by Gasteiger charge is -2.37. The van der Waals surface area contributed by atoms with Gasteiger partial charge in [-0.3, -0.25) is 14.5 Å². The Morgan fingerprint density at radius 3 is 2.29 bits per heavy atom. The van der Waals surface area contributed by atoms with Crippen LogP contribution in [0.15, 0.2) is 60.7 Å². The predicted molar refractivity (Wildman–Crippen MR) is 169 cm³/mol. The molecule has 2 unspecified atom stereocenters. The minimum Gasteiger partial charge on any atom is -0.496 e. The molecule has 6 nitrogen and oxygen atoms in total. The maximum Gasteiger partial charge on any atom is 0.230 e. The van der Waals surface area contributed by atoms with Crippen LogP contribution in [0.2, 0.25) is 0 Å². The molecule has 0 radical (unpaired) electrons. The van der Waals surface area contributed by atoms with E-state index in [9.17, 15) is 9.59 Å². The lowest BCUT2D eigenvalue weighted by atomic mass is 9.84. The van der Waals surface area contributed by atoms with Crippen LogP contribution in [0.25, 0.3) is 6.08 Å². The number of amides is 2. The summed E-state index contributed by atoms with van der Waals surface area (Å²) in [6.45, 7) is 16.1. The zero-order valence-electron chi connectivity index (χ0n) is 26.1. The van der Waals surface area contributed by atoms with Crippen molar-refractivity contribution in [2.75, 3.05) is 52.9 Å². The van der Waals surface area contributed by atoms with Gasteiger partial charge in [-0.05, 0) is 35.8 Å². The Hall–Kier alpha value is -3.12. The van der Waals surface area contributed by atoms with Crippen LogP contribution in [0.5, 0.6) is 5.75 Å². The molecule has 0 spiro atoms. The Labute approximate surface area is 248 Å². The Bertz CT molecular complexity index is 1120. The van der Waals surface area contributed by atoms with E-state index in [0.29, 0.717) is 25.4 Å². The Balaban J connectivity index is 1.59. The molecule has 2 aromatic rings. The van der Waals surface area contributed by atoms with Crippen molar-refractivity contribution >= 4 is 17.9 Å². The van der Waals surface area contributed by atoms with Crippen molar-refractivity contribution in [3.8, 4) is 5.75 Å². The Kier molecular flexibility index (Phi) is 12.5. The number of rotatable bonds is 13. The van der Waals surface area contributed by atoms with E-state index in [0.717, 1.165) is 62.4 Å². The van der Waals surface area contributed by atoms with Crippen molar-refractivity contribution in [2.45, 2.75) is 59.8 Å². The molecule has 2 amide bonds. The van der Waals surface area contributed by atoms with E-state index in [4.69, 9.17) is 4.74 Å². The second-order valence-corrected chi connectivity index (χ2v) is 12.6. The molecule has 0 aromatic heterocycles. The summed E-state index contributed by atoms with van der Waals surface area (Å²) in [5.41, 5.74) is 2.30. The highest BCUT2D eigenvalue weighted by Gasteiger charge is 2.28. The van der Waals surface area contributed by atoms with E-state index in [1.54, 1.807) is 7.11 Å². The number of carbonyl (C=O) groups excluding carboxylic acids is 2. The molecule has 1 heterocycles. The summed E-state index contributed by atoms with van der Waals surface area (Å²) in [4.78, 5) is 33.2. The summed E-state index contributed by atoms with van der Waals surface area (Å²) < 4.78 is 5.48. The van der Waals surface area contributed by atoms with Gasteiger partial charge in [0.2, 0.25) is 11.8 Å². The Morgan fingerprint density at radius 1 is 1.00 bits per heavy atom. The fourth-order valence-corrected chi connectivity index (χ4v) is 5.89. The SMILES string of the molecule is CCC(C(=O)N1CCN(CCN(C/C=C/c2ccccc2OC)C(=O)CC(C)CC(C)(C)C)CC1)c1ccccc1. The third kappa shape index (κ3) is 10.3. The first-order valence-electron chi connectivity index (χ1n) is 15.2. The van der Waals surface area contributed by atoms with Gasteiger partial charge in [0.15, 0.2) is 0 Å². The molecule has 2 atom stereocenters. The van der Waals surface area contributed by atoms with Gasteiger partial charge in [-0.15, -0.1) is 0 Å². The topological polar surface area (TPSA) is 53.1 Å². The Morgan fingerprint density at radius 2 is 1.66 bits per heavy atom. The van der Waals surface area contributed by atoms with Gasteiger partial charge in [0.25, 0.3) is 0 Å². The quantitative estimate of drug-likeness (QED) is 0.287. The first-order chi connectivity index (χ1) is 19.6. The summed E-state index contributed by atoms with van der Waals surface area (Å²) >= 11 is 0. The van der Waals surface area contributed by atoms with E-state index in [1.807, 2.05) is 58.3 Å². The van der Waals surface area contributed by atoms with Gasteiger partial charge in [0.05, 0.1) is 13.0 Å². The van der Waals surface area contributed by atoms with E-state index in [2.05, 4.69) is 57.7 Å². The van der Waals surface area contributed by atoms with Crippen LogP contribution in [-0.4, -0.2) is 79.4 Å². The summed E-state index contributed by atoms with van der Waals surface area (Å²) in [6, 6.07) is 18.0. The van der Waals surface area contributed by atoms with E-state index < -0.39 is 0 Å². The molecule has 0 aliphatic carbocycles. The number of piperazine rings is 1. The van der Waals surface area contributed by atoms with Crippen LogP contribution in [0.1, 0.15) is 70.9 Å². The minimum absolute atomic E-state index is 0.0824. The van der Waals surface area contributed by atoms with Crippen LogP contribution in [0.4, 0.5) is 0 Å². The van der Waals surface area contributed by atoms with Gasteiger partial charge in [0.1, 0.15) is 5.75 Å². The maximum atomic E-state index is 13.5. The number of nitrogens with zero attached hydrogens (tertiary/aromatic N) is 3. The van der Waals surface area contributed by atoms with Gasteiger partial charge < -0.3 is 14.5 Å². The molecular weight excluding hydrogens is 510 g/mol. The summed E-state index contributed by atoms with van der Waals surface area (Å²) in [7, 11) is 1.68. The fraction of sp³-hybridized carbons (Fsp3) is 0.543. The number of benzene rings is 2. The molecule has 1 saturated heterocycles. The molecule has 1 aliphatic heterocycles. The monoisotopic (exact) mass is 561 g/mol. The fourth-order valence-electron chi connectivity index (χ4n) is 5.89. The van der Waals surface area contributed by atoms with Crippen LogP contribution >= 0.6 is 0 Å². The normalized spacial score (nSPS) is 16.0. The number of hydrogen-bond donors (Lipinski definition) is 0. The summed E-state index contributed by atoms with van der Waals surface area (Å²) in [5, 5.41) is 0. The summed E-state index contributed by atoms with van der Waals surface area (Å²) in [6.07, 6.45) is 6.48. The van der Waals surface area contributed by atoms with Crippen LogP contribution in [0.3, 0.4) is 0 Å². The van der Waals surface area contributed by atoms with Crippen molar-refractivity contribution in [3.63, 3.8) is 0 Å². The molecule has 41 heavy (non-hydrogen) atoms. The van der Waals surface area contributed by atoms with Gasteiger partial charge in [-0.2, -0.15) is 0 Å². The van der Waals surface area contributed by atoms with Crippen molar-refractivity contribution in [3.05, 3.63) is 71.8 Å². The summed E-state index contributed by atoms with van der Waals surface area (Å²) in [5.74, 6) is 1.50. The second kappa shape index (κ2) is 15.8. The minimum atomic E-state index is -0.0824. The van der Waals surface area contributed by atoms with Crippen molar-refractivity contribution in [2.24, 2.45) is 11.3 Å². The highest BCUT2D eigenvalue weighted by molar-refractivity contribution is 5.83. The predicted octanol–water partition coefficient (Wildman–Crippen LogP) is 6.34. The zero-order valence-corrected chi connectivity index (χ0v) is 26.1. The molecule has 3 rings (SSSR count). The first kappa shape index (κ1) is 32.4. The standard InChI is InChI=1S/C35H51N3O3/c1-7-31(29-14-9-8-10-15-29)34(40)38-24-21-36(22-25-38)20-23-37(33(39)26-28(2)27-35(3,4)5)19-13-17-30-16-11-12-18-32(30)41-6/h8-18,28,31H,7,19-27H2,1-6H3/b17-13+. The molecule has 6 heteroatoms. The third-order valence-corrected chi connectivity index (χ3v) is 7.88. The van der Waals surface area contributed by atoms with Crippen LogP contribution < -0.4 is 4.74 Å². The van der Waals surface area contributed by atoms with Crippen molar-refractivity contribution < 1.29 is 14.3 Å². The average molecular weight is 562 g/mol. The molecule has 0 bridgehead atoms. The van der Waals surface area contributed by atoms with E-state index >= 15 is 0 Å². The molecule has 2 aromatic carbocycles. The number of methoxy groups -OCH3 is 1. The van der Waals surface area contributed by atoms with Crippen molar-refractivity contribution in [1.82, 2.24) is 14.7 Å². The smallest absolute Gasteiger partial charge is 0.230 e. The van der Waals surface area contributed by atoms with Crippen molar-refractivity contribution in [1.29, 1.82) is 0 Å². The lowest BCUT2D eigenvalue weighted by molar-refractivity contribution is -0.134. The highest BCUT2D eigenvalue weighted by atomic mass is 16.5. The maximum absolute atomic E-state index is 13.5. The van der Waals surface area contributed by atoms with Gasteiger partial charge in [-0.1, -0.05) is 95.3 Å². The van der Waals surface area contributed by atoms with E-state index in [1.165, 1.54) is 0 Å². The molecular formula is C35H51N3O3. The third-order valence-electron chi connectivity index (χ3n) is 7.88. The molecule has 1 aliphatic rings. The molecule has 224 valence electrons. The first-order valence-corrected chi connectivity index (χ1v) is 15.2. The van der Waals surface area contributed by atoms with E-state index in [-0.39, 0.29) is 23.1 Å². The van der Waals surface area contributed by atoms with Crippen LogP contribution in [0, 0.1) is 11.3 Å². The largest absolute Gasteiger partial charge is 0.496 e. The number of para-hydroxylation sites is 1. The number of carbonyl (C=O) groups is 2. The number of hydrogen-bond acceptors (Lipinski definition) is 4.